The summed E-state index contributed by atoms with van der Waals surface area (Å²) in [4.78, 5) is 2.53. The van der Waals surface area contributed by atoms with Gasteiger partial charge in [0.1, 0.15) is 0 Å². The molecule has 2 nitrogen and oxygen atoms in total. The highest BCUT2D eigenvalue weighted by Gasteiger charge is 2.38. The van der Waals surface area contributed by atoms with Gasteiger partial charge in [0, 0.05) is 11.6 Å². The third-order valence-electron chi connectivity index (χ3n) is 3.80. The summed E-state index contributed by atoms with van der Waals surface area (Å²) in [7, 11) is 2.27. The third kappa shape index (κ3) is 2.44. The van der Waals surface area contributed by atoms with Crippen LogP contribution in [0.3, 0.4) is 0 Å². The molecule has 0 aliphatic heterocycles. The Bertz CT molecular complexity index is 169. The van der Waals surface area contributed by atoms with Crippen molar-refractivity contribution < 1.29 is 0 Å². The SMILES string of the molecule is CN(CCC1(N)CC1)C1CCCC1. The fraction of sp³-hybridized carbons (Fsp3) is 1.00. The summed E-state index contributed by atoms with van der Waals surface area (Å²) >= 11 is 0. The van der Waals surface area contributed by atoms with Crippen LogP contribution in [0, 0.1) is 0 Å². The lowest BCUT2D eigenvalue weighted by Crippen LogP contribution is -2.34. The van der Waals surface area contributed by atoms with Gasteiger partial charge in [0.15, 0.2) is 0 Å². The molecule has 0 bridgehead atoms. The van der Waals surface area contributed by atoms with Crippen molar-refractivity contribution in [2.75, 3.05) is 13.6 Å². The molecule has 2 aliphatic rings. The van der Waals surface area contributed by atoms with Gasteiger partial charge in [0.25, 0.3) is 0 Å². The molecule has 13 heavy (non-hydrogen) atoms. The van der Waals surface area contributed by atoms with Crippen molar-refractivity contribution in [3.05, 3.63) is 0 Å². The highest BCUT2D eigenvalue weighted by Crippen LogP contribution is 2.36. The van der Waals surface area contributed by atoms with Crippen molar-refractivity contribution in [2.24, 2.45) is 5.73 Å². The van der Waals surface area contributed by atoms with Crippen LogP contribution in [0.1, 0.15) is 44.9 Å². The summed E-state index contributed by atoms with van der Waals surface area (Å²) in [6, 6.07) is 0.863. The van der Waals surface area contributed by atoms with Gasteiger partial charge in [0.2, 0.25) is 0 Å². The van der Waals surface area contributed by atoms with E-state index in [-0.39, 0.29) is 5.54 Å². The summed E-state index contributed by atoms with van der Waals surface area (Å²) in [6.07, 6.45) is 9.41. The van der Waals surface area contributed by atoms with E-state index in [4.69, 9.17) is 5.73 Å². The Morgan fingerprint density at radius 2 is 1.92 bits per heavy atom. The Balaban J connectivity index is 1.68. The quantitative estimate of drug-likeness (QED) is 0.717. The standard InChI is InChI=1S/C11H22N2/c1-13(10-4-2-3-5-10)9-8-11(12)6-7-11/h10H,2-9,12H2,1H3. The van der Waals surface area contributed by atoms with Crippen LogP contribution in [-0.4, -0.2) is 30.1 Å². The van der Waals surface area contributed by atoms with E-state index in [0.717, 1.165) is 6.04 Å². The molecule has 0 aromatic rings. The fourth-order valence-electron chi connectivity index (χ4n) is 2.34. The van der Waals surface area contributed by atoms with Crippen LogP contribution in [0.15, 0.2) is 0 Å². The van der Waals surface area contributed by atoms with Crippen LogP contribution in [0.4, 0.5) is 0 Å². The molecule has 0 aromatic carbocycles. The predicted molar refractivity (Wildman–Crippen MR) is 55.7 cm³/mol. The second-order valence-corrected chi connectivity index (χ2v) is 5.03. The first-order chi connectivity index (χ1) is 6.20. The Morgan fingerprint density at radius 3 is 2.46 bits per heavy atom. The van der Waals surface area contributed by atoms with E-state index in [2.05, 4.69) is 11.9 Å². The van der Waals surface area contributed by atoms with Crippen molar-refractivity contribution in [3.63, 3.8) is 0 Å². The summed E-state index contributed by atoms with van der Waals surface area (Å²) < 4.78 is 0. The van der Waals surface area contributed by atoms with E-state index in [1.807, 2.05) is 0 Å². The maximum Gasteiger partial charge on any atom is 0.0167 e. The number of hydrogen-bond acceptors (Lipinski definition) is 2. The molecule has 0 aromatic heterocycles. The molecule has 2 fully saturated rings. The molecule has 2 rings (SSSR count). The normalized spacial score (nSPS) is 27.0. The first-order valence-electron chi connectivity index (χ1n) is 5.69. The molecule has 0 spiro atoms. The minimum Gasteiger partial charge on any atom is -0.325 e. The van der Waals surface area contributed by atoms with Crippen molar-refractivity contribution in [2.45, 2.75) is 56.5 Å². The highest BCUT2D eigenvalue weighted by atomic mass is 15.1. The third-order valence-corrected chi connectivity index (χ3v) is 3.80. The smallest absolute Gasteiger partial charge is 0.0167 e. The first-order valence-corrected chi connectivity index (χ1v) is 5.69. The topological polar surface area (TPSA) is 29.3 Å². The number of hydrogen-bond donors (Lipinski definition) is 1. The Morgan fingerprint density at radius 1 is 1.31 bits per heavy atom. The maximum absolute atomic E-state index is 6.07. The molecule has 0 saturated heterocycles. The van der Waals surface area contributed by atoms with Crippen LogP contribution in [-0.2, 0) is 0 Å². The van der Waals surface area contributed by atoms with Crippen LogP contribution in [0.2, 0.25) is 0 Å². The van der Waals surface area contributed by atoms with E-state index >= 15 is 0 Å². The molecule has 0 amide bonds. The van der Waals surface area contributed by atoms with E-state index in [9.17, 15) is 0 Å². The Hall–Kier alpha value is -0.0800. The van der Waals surface area contributed by atoms with Crippen molar-refractivity contribution in [1.29, 1.82) is 0 Å². The zero-order valence-electron chi connectivity index (χ0n) is 8.76. The molecule has 0 radical (unpaired) electrons. The van der Waals surface area contributed by atoms with Crippen LogP contribution < -0.4 is 5.73 Å². The largest absolute Gasteiger partial charge is 0.325 e. The van der Waals surface area contributed by atoms with Gasteiger partial charge in [-0.1, -0.05) is 12.8 Å². The van der Waals surface area contributed by atoms with Gasteiger partial charge >= 0.3 is 0 Å². The Kier molecular flexibility index (Phi) is 2.61. The van der Waals surface area contributed by atoms with Crippen molar-refractivity contribution in [1.82, 2.24) is 4.90 Å². The van der Waals surface area contributed by atoms with E-state index < -0.39 is 0 Å². The van der Waals surface area contributed by atoms with Gasteiger partial charge in [-0.3, -0.25) is 0 Å². The van der Waals surface area contributed by atoms with Crippen molar-refractivity contribution in [3.8, 4) is 0 Å². The predicted octanol–water partition coefficient (Wildman–Crippen LogP) is 1.74. The van der Waals surface area contributed by atoms with Gasteiger partial charge in [-0.15, -0.1) is 0 Å². The maximum atomic E-state index is 6.07. The summed E-state index contributed by atoms with van der Waals surface area (Å²) in [5, 5.41) is 0. The lowest BCUT2D eigenvalue weighted by Gasteiger charge is -2.25. The first kappa shape index (κ1) is 9.47. The van der Waals surface area contributed by atoms with E-state index in [1.165, 1.54) is 51.5 Å². The highest BCUT2D eigenvalue weighted by molar-refractivity contribution is 4.99. The zero-order chi connectivity index (χ0) is 9.31. The lowest BCUT2D eigenvalue weighted by molar-refractivity contribution is 0.234. The molecule has 0 atom stereocenters. The monoisotopic (exact) mass is 182 g/mol. The average Bonchev–Trinajstić information content (AvgIpc) is 2.69. The molecule has 2 heteroatoms. The molecule has 2 aliphatic carbocycles. The van der Waals surface area contributed by atoms with E-state index in [1.54, 1.807) is 0 Å². The van der Waals surface area contributed by atoms with Gasteiger partial charge < -0.3 is 10.6 Å². The number of nitrogens with zero attached hydrogens (tertiary/aromatic N) is 1. The lowest BCUT2D eigenvalue weighted by atomic mass is 10.1. The van der Waals surface area contributed by atoms with Crippen molar-refractivity contribution >= 4 is 0 Å². The molecule has 76 valence electrons. The molecule has 0 heterocycles. The molecule has 2 saturated carbocycles. The van der Waals surface area contributed by atoms with Crippen LogP contribution in [0.25, 0.3) is 0 Å². The van der Waals surface area contributed by atoms with E-state index in [0.29, 0.717) is 0 Å². The summed E-state index contributed by atoms with van der Waals surface area (Å²) in [5.74, 6) is 0. The van der Waals surface area contributed by atoms with Crippen LogP contribution in [0.5, 0.6) is 0 Å². The summed E-state index contributed by atoms with van der Waals surface area (Å²) in [5.41, 5.74) is 6.31. The fourth-order valence-corrected chi connectivity index (χ4v) is 2.34. The molecular weight excluding hydrogens is 160 g/mol. The zero-order valence-corrected chi connectivity index (χ0v) is 8.76. The average molecular weight is 182 g/mol. The minimum atomic E-state index is 0.243. The molecular formula is C11H22N2. The van der Waals surface area contributed by atoms with Gasteiger partial charge in [0.05, 0.1) is 0 Å². The molecule has 2 N–H and O–H groups in total. The number of rotatable bonds is 4. The van der Waals surface area contributed by atoms with Gasteiger partial charge in [-0.05, 0) is 45.7 Å². The van der Waals surface area contributed by atoms with Gasteiger partial charge in [-0.25, -0.2) is 0 Å². The number of nitrogens with two attached hydrogens (primary N) is 1. The molecule has 0 unspecified atom stereocenters. The Labute approximate surface area is 81.5 Å². The van der Waals surface area contributed by atoms with Crippen LogP contribution >= 0.6 is 0 Å². The summed E-state index contributed by atoms with van der Waals surface area (Å²) in [6.45, 7) is 1.21. The second kappa shape index (κ2) is 3.58. The minimum absolute atomic E-state index is 0.243. The second-order valence-electron chi connectivity index (χ2n) is 5.03. The van der Waals surface area contributed by atoms with Gasteiger partial charge in [-0.2, -0.15) is 0 Å².